The molecule has 2 heterocycles. The van der Waals surface area contributed by atoms with Crippen molar-refractivity contribution >= 4 is 40.1 Å². The predicted octanol–water partition coefficient (Wildman–Crippen LogP) is 0.522. The molecule has 2 N–H and O–H groups in total. The van der Waals surface area contributed by atoms with Crippen LogP contribution in [-0.4, -0.2) is 56.0 Å². The Morgan fingerprint density at radius 3 is 2.68 bits per heavy atom. The Bertz CT molecular complexity index is 758. The van der Waals surface area contributed by atoms with Crippen LogP contribution >= 0.6 is 24.2 Å². The summed E-state index contributed by atoms with van der Waals surface area (Å²) in [6.45, 7) is 1.18. The standard InChI is InChI=1S/C15H18N4O3S2.ClH/c16-8-11-1-3-13(4-2-11)24(21,22)18-12-7-14(17-9-12)15(20)19-5-6-23-10-19;/h1-4,12,14,17-18H,5-7,9-10H2;1H/t12-,14-;/m0./s1. The Morgan fingerprint density at radius 1 is 1.36 bits per heavy atom. The molecule has 1 amide bonds. The summed E-state index contributed by atoms with van der Waals surface area (Å²) in [6, 6.07) is 7.06. The maximum atomic E-state index is 12.4. The SMILES string of the molecule is Cl.N#Cc1ccc(S(=O)(=O)N[C@@H]2CN[C@H](C(=O)N3CCSC3)C2)cc1. The normalized spacial score (nSPS) is 23.1. The molecule has 2 fully saturated rings. The van der Waals surface area contributed by atoms with Crippen LogP contribution in [0.1, 0.15) is 12.0 Å². The highest BCUT2D eigenvalue weighted by atomic mass is 35.5. The second-order valence-corrected chi connectivity index (χ2v) is 8.58. The number of nitrogens with zero attached hydrogens (tertiary/aromatic N) is 2. The Morgan fingerprint density at radius 2 is 2.08 bits per heavy atom. The average Bonchev–Trinajstić information content (AvgIpc) is 3.25. The lowest BCUT2D eigenvalue weighted by Crippen LogP contribution is -2.42. The van der Waals surface area contributed by atoms with Crippen molar-refractivity contribution in [3.8, 4) is 6.07 Å². The van der Waals surface area contributed by atoms with Crippen LogP contribution in [0, 0.1) is 11.3 Å². The molecule has 1 aromatic rings. The van der Waals surface area contributed by atoms with Crippen molar-refractivity contribution in [1.29, 1.82) is 5.26 Å². The van der Waals surface area contributed by atoms with Gasteiger partial charge in [0.2, 0.25) is 15.9 Å². The van der Waals surface area contributed by atoms with E-state index in [9.17, 15) is 13.2 Å². The van der Waals surface area contributed by atoms with Crippen LogP contribution in [0.5, 0.6) is 0 Å². The van der Waals surface area contributed by atoms with Gasteiger partial charge in [0.25, 0.3) is 0 Å². The minimum Gasteiger partial charge on any atom is -0.331 e. The molecule has 0 unspecified atom stereocenters. The van der Waals surface area contributed by atoms with Gasteiger partial charge in [0.05, 0.1) is 28.4 Å². The number of sulfonamides is 1. The number of rotatable bonds is 4. The van der Waals surface area contributed by atoms with Crippen molar-refractivity contribution in [3.05, 3.63) is 29.8 Å². The van der Waals surface area contributed by atoms with Crippen LogP contribution in [-0.2, 0) is 14.8 Å². The molecule has 0 saturated carbocycles. The smallest absolute Gasteiger partial charge is 0.240 e. The highest BCUT2D eigenvalue weighted by Crippen LogP contribution is 2.19. The van der Waals surface area contributed by atoms with Crippen molar-refractivity contribution in [3.63, 3.8) is 0 Å². The summed E-state index contributed by atoms with van der Waals surface area (Å²) < 4.78 is 27.4. The van der Waals surface area contributed by atoms with E-state index >= 15 is 0 Å². The summed E-state index contributed by atoms with van der Waals surface area (Å²) >= 11 is 1.72. The summed E-state index contributed by atoms with van der Waals surface area (Å²) in [5.74, 6) is 1.70. The molecular weight excluding hydrogens is 384 g/mol. The van der Waals surface area contributed by atoms with Crippen LogP contribution in [0.2, 0.25) is 0 Å². The number of carbonyl (C=O) groups excluding carboxylic acids is 1. The fourth-order valence-electron chi connectivity index (χ4n) is 2.82. The van der Waals surface area contributed by atoms with Gasteiger partial charge in [0.15, 0.2) is 0 Å². The Kier molecular flexibility index (Phi) is 6.71. The number of hydrogen-bond donors (Lipinski definition) is 2. The lowest BCUT2D eigenvalue weighted by Gasteiger charge is -2.19. The summed E-state index contributed by atoms with van der Waals surface area (Å²) in [5.41, 5.74) is 0.408. The molecule has 7 nitrogen and oxygen atoms in total. The molecule has 25 heavy (non-hydrogen) atoms. The van der Waals surface area contributed by atoms with Gasteiger partial charge in [0.1, 0.15) is 0 Å². The van der Waals surface area contributed by atoms with E-state index in [0.717, 1.165) is 12.3 Å². The second kappa shape index (κ2) is 8.38. The first-order chi connectivity index (χ1) is 11.5. The zero-order valence-electron chi connectivity index (χ0n) is 13.3. The van der Waals surface area contributed by atoms with Gasteiger partial charge in [-0.15, -0.1) is 24.2 Å². The lowest BCUT2D eigenvalue weighted by atomic mass is 10.1. The zero-order chi connectivity index (χ0) is 17.2. The maximum Gasteiger partial charge on any atom is 0.240 e. The molecule has 2 aliphatic heterocycles. The van der Waals surface area contributed by atoms with Crippen molar-refractivity contribution in [2.45, 2.75) is 23.4 Å². The van der Waals surface area contributed by atoms with Gasteiger partial charge < -0.3 is 10.2 Å². The number of hydrogen-bond acceptors (Lipinski definition) is 6. The van der Waals surface area contributed by atoms with Gasteiger partial charge in [-0.25, -0.2) is 13.1 Å². The van der Waals surface area contributed by atoms with Crippen LogP contribution in [0.15, 0.2) is 29.2 Å². The number of nitrogens with one attached hydrogen (secondary N) is 2. The minimum absolute atomic E-state index is 0. The largest absolute Gasteiger partial charge is 0.331 e. The van der Waals surface area contributed by atoms with E-state index in [1.807, 2.05) is 6.07 Å². The summed E-state index contributed by atoms with van der Waals surface area (Å²) in [4.78, 5) is 14.3. The molecular formula is C15H19ClN4O3S2. The first kappa shape index (κ1) is 20.0. The number of carbonyl (C=O) groups is 1. The third kappa shape index (κ3) is 4.65. The minimum atomic E-state index is -3.67. The quantitative estimate of drug-likeness (QED) is 0.761. The molecule has 136 valence electrons. The van der Waals surface area contributed by atoms with Gasteiger partial charge in [-0.05, 0) is 30.7 Å². The third-order valence-electron chi connectivity index (χ3n) is 4.11. The molecule has 2 atom stereocenters. The van der Waals surface area contributed by atoms with Crippen LogP contribution < -0.4 is 10.0 Å². The first-order valence-corrected chi connectivity index (χ1v) is 10.3. The van der Waals surface area contributed by atoms with Crippen molar-refractivity contribution in [1.82, 2.24) is 14.9 Å². The molecule has 0 bridgehead atoms. The summed E-state index contributed by atoms with van der Waals surface area (Å²) in [6.07, 6.45) is 0.440. The van der Waals surface area contributed by atoms with Gasteiger partial charge in [-0.1, -0.05) is 0 Å². The monoisotopic (exact) mass is 402 g/mol. The topological polar surface area (TPSA) is 102 Å². The summed E-state index contributed by atoms with van der Waals surface area (Å²) in [5, 5.41) is 11.9. The van der Waals surface area contributed by atoms with Gasteiger partial charge in [0, 0.05) is 24.9 Å². The zero-order valence-corrected chi connectivity index (χ0v) is 15.8. The van der Waals surface area contributed by atoms with Gasteiger partial charge in [-0.3, -0.25) is 4.79 Å². The number of thioether (sulfide) groups is 1. The van der Waals surface area contributed by atoms with E-state index in [4.69, 9.17) is 5.26 Å². The molecule has 3 rings (SSSR count). The van der Waals surface area contributed by atoms with Crippen LogP contribution in [0.4, 0.5) is 0 Å². The molecule has 1 aromatic carbocycles. The van der Waals surface area contributed by atoms with E-state index in [1.54, 1.807) is 16.7 Å². The molecule has 0 radical (unpaired) electrons. The van der Waals surface area contributed by atoms with E-state index in [-0.39, 0.29) is 35.3 Å². The van der Waals surface area contributed by atoms with Crippen LogP contribution in [0.3, 0.4) is 0 Å². The Balaban J connectivity index is 0.00000225. The van der Waals surface area contributed by atoms with Crippen LogP contribution in [0.25, 0.3) is 0 Å². The van der Waals surface area contributed by atoms with E-state index < -0.39 is 10.0 Å². The molecule has 0 aliphatic carbocycles. The van der Waals surface area contributed by atoms with Gasteiger partial charge >= 0.3 is 0 Å². The molecule has 0 aromatic heterocycles. The maximum absolute atomic E-state index is 12.4. The molecule has 10 heteroatoms. The summed E-state index contributed by atoms with van der Waals surface area (Å²) in [7, 11) is -3.67. The van der Waals surface area contributed by atoms with Crippen molar-refractivity contribution in [2.24, 2.45) is 0 Å². The van der Waals surface area contributed by atoms with Crippen molar-refractivity contribution < 1.29 is 13.2 Å². The van der Waals surface area contributed by atoms with Crippen molar-refractivity contribution in [2.75, 3.05) is 24.7 Å². The number of halogens is 1. The number of nitriles is 1. The number of benzene rings is 1. The highest BCUT2D eigenvalue weighted by molar-refractivity contribution is 7.99. The second-order valence-electron chi connectivity index (χ2n) is 5.79. The lowest BCUT2D eigenvalue weighted by molar-refractivity contribution is -0.131. The third-order valence-corrected chi connectivity index (χ3v) is 6.61. The Labute approximate surface area is 157 Å². The molecule has 2 aliphatic rings. The highest BCUT2D eigenvalue weighted by Gasteiger charge is 2.35. The fourth-order valence-corrected chi connectivity index (χ4v) is 5.02. The Hall–Kier alpha value is -1.31. The van der Waals surface area contributed by atoms with E-state index in [2.05, 4.69) is 10.0 Å². The average molecular weight is 403 g/mol. The fraction of sp³-hybridized carbons (Fsp3) is 0.467. The van der Waals surface area contributed by atoms with E-state index in [0.29, 0.717) is 24.4 Å². The van der Waals surface area contributed by atoms with E-state index in [1.165, 1.54) is 24.3 Å². The predicted molar refractivity (Wildman–Crippen MR) is 98.0 cm³/mol. The number of amides is 1. The first-order valence-electron chi connectivity index (χ1n) is 7.62. The molecule has 0 spiro atoms. The van der Waals surface area contributed by atoms with Gasteiger partial charge in [-0.2, -0.15) is 5.26 Å². The molecule has 2 saturated heterocycles.